The van der Waals surface area contributed by atoms with E-state index in [9.17, 15) is 23.8 Å². The van der Waals surface area contributed by atoms with Crippen molar-refractivity contribution in [2.75, 3.05) is 19.6 Å². The van der Waals surface area contributed by atoms with Gasteiger partial charge in [-0.2, -0.15) is 0 Å². The topological polar surface area (TPSA) is 60.8 Å². The van der Waals surface area contributed by atoms with Gasteiger partial charge in [-0.15, -0.1) is 0 Å². The van der Waals surface area contributed by atoms with Crippen molar-refractivity contribution in [2.24, 2.45) is 0 Å². The molecule has 1 aliphatic heterocycles. The van der Waals surface area contributed by atoms with Gasteiger partial charge in [-0.25, -0.2) is 8.78 Å². The molecule has 0 aromatic heterocycles. The Kier molecular flexibility index (Phi) is 3.70. The van der Waals surface area contributed by atoms with E-state index < -0.39 is 23.8 Å². The summed E-state index contributed by atoms with van der Waals surface area (Å²) in [6, 6.07) is 2.96. The van der Waals surface area contributed by atoms with Gasteiger partial charge in [0.05, 0.1) is 18.8 Å². The lowest BCUT2D eigenvalue weighted by molar-refractivity contribution is 0.0572. The third-order valence-corrected chi connectivity index (χ3v) is 2.94. The smallest absolute Gasteiger partial charge is 0.176 e. The summed E-state index contributed by atoms with van der Waals surface area (Å²) in [6.45, 7) is 0.340. The molecule has 0 spiro atoms. The molecule has 1 aromatic rings. The Bertz CT molecular complexity index is 457. The first-order chi connectivity index (χ1) is 8.47. The second-order valence-corrected chi connectivity index (χ2v) is 4.38. The summed E-state index contributed by atoms with van der Waals surface area (Å²) in [5.41, 5.74) is 0.0739. The summed E-state index contributed by atoms with van der Waals surface area (Å²) in [4.78, 5) is 13.4. The van der Waals surface area contributed by atoms with E-state index >= 15 is 0 Å². The minimum atomic E-state index is -1.07. The van der Waals surface area contributed by atoms with E-state index in [1.165, 1.54) is 6.07 Å². The standard InChI is InChI=1S/C12H13F2NO3/c13-8-2-1-7(3-9(8)14)10(16)4-15-5-11(17)12(18)6-15/h1-3,11-12,17-18H,4-6H2. The molecular weight excluding hydrogens is 244 g/mol. The van der Waals surface area contributed by atoms with Crippen LogP contribution in [-0.4, -0.2) is 52.7 Å². The van der Waals surface area contributed by atoms with Crippen LogP contribution >= 0.6 is 0 Å². The second-order valence-electron chi connectivity index (χ2n) is 4.38. The highest BCUT2D eigenvalue weighted by molar-refractivity contribution is 5.97. The fourth-order valence-electron chi connectivity index (χ4n) is 1.94. The molecule has 0 amide bonds. The van der Waals surface area contributed by atoms with Gasteiger partial charge < -0.3 is 10.2 Å². The maximum Gasteiger partial charge on any atom is 0.176 e. The predicted octanol–water partition coefficient (Wildman–Crippen LogP) is 0.185. The molecule has 0 radical (unpaired) electrons. The molecular formula is C12H13F2NO3. The average Bonchev–Trinajstić information content (AvgIpc) is 2.61. The average molecular weight is 257 g/mol. The first-order valence-corrected chi connectivity index (χ1v) is 5.54. The molecule has 98 valence electrons. The highest BCUT2D eigenvalue weighted by atomic mass is 19.2. The minimum Gasteiger partial charge on any atom is -0.389 e. The molecule has 0 bridgehead atoms. The third kappa shape index (κ3) is 2.72. The van der Waals surface area contributed by atoms with E-state index in [4.69, 9.17) is 0 Å². The van der Waals surface area contributed by atoms with E-state index in [-0.39, 0.29) is 31.0 Å². The summed E-state index contributed by atoms with van der Waals surface area (Å²) in [7, 11) is 0. The molecule has 2 rings (SSSR count). The van der Waals surface area contributed by atoms with Crippen LogP contribution in [0.2, 0.25) is 0 Å². The number of halogens is 2. The lowest BCUT2D eigenvalue weighted by Crippen LogP contribution is -2.29. The summed E-state index contributed by atoms with van der Waals surface area (Å²) in [5.74, 6) is -2.45. The normalized spacial score (nSPS) is 24.4. The van der Waals surface area contributed by atoms with Gasteiger partial charge in [0.15, 0.2) is 17.4 Å². The third-order valence-electron chi connectivity index (χ3n) is 2.94. The molecule has 0 saturated carbocycles. The van der Waals surface area contributed by atoms with Crippen molar-refractivity contribution in [3.05, 3.63) is 35.4 Å². The van der Waals surface area contributed by atoms with E-state index in [0.29, 0.717) is 0 Å². The quantitative estimate of drug-likeness (QED) is 0.759. The van der Waals surface area contributed by atoms with Crippen molar-refractivity contribution in [3.8, 4) is 0 Å². The van der Waals surface area contributed by atoms with Gasteiger partial charge >= 0.3 is 0 Å². The van der Waals surface area contributed by atoms with E-state index in [1.807, 2.05) is 0 Å². The molecule has 1 aliphatic rings. The number of aliphatic hydroxyl groups excluding tert-OH is 2. The Labute approximate surface area is 102 Å². The maximum atomic E-state index is 13.0. The van der Waals surface area contributed by atoms with Crippen LogP contribution in [0.5, 0.6) is 0 Å². The van der Waals surface area contributed by atoms with Crippen LogP contribution in [0.25, 0.3) is 0 Å². The second kappa shape index (κ2) is 5.09. The molecule has 2 N–H and O–H groups in total. The summed E-state index contributed by atoms with van der Waals surface area (Å²) in [6.07, 6.45) is -1.74. The lowest BCUT2D eigenvalue weighted by atomic mass is 10.1. The van der Waals surface area contributed by atoms with Gasteiger partial charge in [0, 0.05) is 18.7 Å². The molecule has 2 atom stereocenters. The number of likely N-dealkylation sites (tertiary alicyclic amines) is 1. The molecule has 4 nitrogen and oxygen atoms in total. The molecule has 1 aromatic carbocycles. The molecule has 1 heterocycles. The van der Waals surface area contributed by atoms with Crippen molar-refractivity contribution in [1.29, 1.82) is 0 Å². The van der Waals surface area contributed by atoms with Crippen molar-refractivity contribution in [2.45, 2.75) is 12.2 Å². The number of hydrogen-bond donors (Lipinski definition) is 2. The molecule has 6 heteroatoms. The van der Waals surface area contributed by atoms with E-state index in [0.717, 1.165) is 12.1 Å². The Balaban J connectivity index is 2.02. The first-order valence-electron chi connectivity index (χ1n) is 5.54. The van der Waals surface area contributed by atoms with Crippen molar-refractivity contribution >= 4 is 5.78 Å². The van der Waals surface area contributed by atoms with Crippen molar-refractivity contribution < 1.29 is 23.8 Å². The highest BCUT2D eigenvalue weighted by Gasteiger charge is 2.30. The number of nitrogens with zero attached hydrogens (tertiary/aromatic N) is 1. The van der Waals surface area contributed by atoms with Crippen LogP contribution in [0.4, 0.5) is 8.78 Å². The van der Waals surface area contributed by atoms with Crippen LogP contribution in [0.3, 0.4) is 0 Å². The van der Waals surface area contributed by atoms with Crippen LogP contribution in [0.1, 0.15) is 10.4 Å². The first kappa shape index (κ1) is 13.1. The zero-order chi connectivity index (χ0) is 13.3. The van der Waals surface area contributed by atoms with Gasteiger partial charge in [-0.05, 0) is 18.2 Å². The summed E-state index contributed by atoms with van der Waals surface area (Å²) < 4.78 is 25.7. The Hall–Kier alpha value is -1.37. The molecule has 1 fully saturated rings. The van der Waals surface area contributed by atoms with Crippen LogP contribution in [0.15, 0.2) is 18.2 Å². The SMILES string of the molecule is O=C(CN1CC(O)C(O)C1)c1ccc(F)c(F)c1. The molecule has 0 aliphatic carbocycles. The van der Waals surface area contributed by atoms with Gasteiger partial charge in [0.2, 0.25) is 0 Å². The number of β-amino-alcohol motifs (C(OH)–C–C–N with tert-alkyl or cyclic N) is 2. The number of aliphatic hydroxyl groups is 2. The van der Waals surface area contributed by atoms with Gasteiger partial charge in [-0.3, -0.25) is 9.69 Å². The number of carbonyl (C=O) groups excluding carboxylic acids is 1. The summed E-state index contributed by atoms with van der Waals surface area (Å²) >= 11 is 0. The monoisotopic (exact) mass is 257 g/mol. The molecule has 2 unspecified atom stereocenters. The molecule has 18 heavy (non-hydrogen) atoms. The number of rotatable bonds is 3. The van der Waals surface area contributed by atoms with E-state index in [1.54, 1.807) is 4.90 Å². The predicted molar refractivity (Wildman–Crippen MR) is 59.1 cm³/mol. The van der Waals surface area contributed by atoms with Crippen LogP contribution in [-0.2, 0) is 0 Å². The Morgan fingerprint density at radius 1 is 1.22 bits per heavy atom. The fourth-order valence-corrected chi connectivity index (χ4v) is 1.94. The Morgan fingerprint density at radius 2 is 1.83 bits per heavy atom. The lowest BCUT2D eigenvalue weighted by Gasteiger charge is -2.13. The van der Waals surface area contributed by atoms with Crippen LogP contribution in [0, 0.1) is 11.6 Å². The van der Waals surface area contributed by atoms with Crippen molar-refractivity contribution in [3.63, 3.8) is 0 Å². The van der Waals surface area contributed by atoms with Crippen molar-refractivity contribution in [1.82, 2.24) is 4.90 Å². The highest BCUT2D eigenvalue weighted by Crippen LogP contribution is 2.13. The zero-order valence-electron chi connectivity index (χ0n) is 9.51. The van der Waals surface area contributed by atoms with Crippen LogP contribution < -0.4 is 0 Å². The molecule has 1 saturated heterocycles. The largest absolute Gasteiger partial charge is 0.389 e. The van der Waals surface area contributed by atoms with Gasteiger partial charge in [-0.1, -0.05) is 0 Å². The number of benzene rings is 1. The minimum absolute atomic E-state index is 0.0425. The summed E-state index contributed by atoms with van der Waals surface area (Å²) in [5, 5.41) is 18.6. The maximum absolute atomic E-state index is 13.0. The number of Topliss-reactive ketones (excluding diaryl/α,β-unsaturated/α-hetero) is 1. The zero-order valence-corrected chi connectivity index (χ0v) is 9.51. The van der Waals surface area contributed by atoms with E-state index in [2.05, 4.69) is 0 Å². The van der Waals surface area contributed by atoms with Gasteiger partial charge in [0.1, 0.15) is 0 Å². The number of ketones is 1. The fraction of sp³-hybridized carbons (Fsp3) is 0.417. The number of hydrogen-bond acceptors (Lipinski definition) is 4. The Morgan fingerprint density at radius 3 is 2.39 bits per heavy atom. The van der Waals surface area contributed by atoms with Gasteiger partial charge in [0.25, 0.3) is 0 Å². The number of carbonyl (C=O) groups is 1.